The van der Waals surface area contributed by atoms with Crippen LogP contribution in [0.1, 0.15) is 103 Å². The van der Waals surface area contributed by atoms with Crippen molar-refractivity contribution in [3.8, 4) is 0 Å². The van der Waals surface area contributed by atoms with Gasteiger partial charge in [0.1, 0.15) is 0 Å². The van der Waals surface area contributed by atoms with Gasteiger partial charge in [-0.2, -0.15) is 0 Å². The van der Waals surface area contributed by atoms with Crippen molar-refractivity contribution in [3.05, 3.63) is 12.2 Å². The van der Waals surface area contributed by atoms with Crippen molar-refractivity contribution in [1.82, 2.24) is 0 Å². The summed E-state index contributed by atoms with van der Waals surface area (Å²) >= 11 is 0. The maximum absolute atomic E-state index is 9.31. The molecule has 0 heterocycles. The van der Waals surface area contributed by atoms with Crippen LogP contribution in [0.4, 0.5) is 0 Å². The zero-order valence-electron chi connectivity index (χ0n) is 16.9. The SMILES string of the molecule is CCCCCCCC/C=C\CCCCCCCCC(CO)C(N)CN. The van der Waals surface area contributed by atoms with Crippen LogP contribution in [0.15, 0.2) is 12.2 Å². The van der Waals surface area contributed by atoms with E-state index in [0.717, 1.165) is 12.8 Å². The van der Waals surface area contributed by atoms with Gasteiger partial charge in [-0.05, 0) is 38.0 Å². The van der Waals surface area contributed by atoms with Crippen LogP contribution >= 0.6 is 0 Å². The van der Waals surface area contributed by atoms with Crippen molar-refractivity contribution in [3.63, 3.8) is 0 Å². The molecule has 0 aliphatic rings. The summed E-state index contributed by atoms with van der Waals surface area (Å²) < 4.78 is 0. The Balaban J connectivity index is 3.26. The minimum absolute atomic E-state index is 0.0480. The number of allylic oxidation sites excluding steroid dienone is 2. The third kappa shape index (κ3) is 16.8. The van der Waals surface area contributed by atoms with Crippen molar-refractivity contribution >= 4 is 0 Å². The Morgan fingerprint density at radius 2 is 1.24 bits per heavy atom. The molecule has 0 fully saturated rings. The van der Waals surface area contributed by atoms with Crippen LogP contribution in [0.3, 0.4) is 0 Å². The Labute approximate surface area is 157 Å². The van der Waals surface area contributed by atoms with Gasteiger partial charge < -0.3 is 16.6 Å². The van der Waals surface area contributed by atoms with E-state index in [1.54, 1.807) is 0 Å². The quantitative estimate of drug-likeness (QED) is 0.217. The third-order valence-electron chi connectivity index (χ3n) is 5.20. The van der Waals surface area contributed by atoms with E-state index in [-0.39, 0.29) is 18.6 Å². The normalized spacial score (nSPS) is 14.2. The highest BCUT2D eigenvalue weighted by molar-refractivity contribution is 4.81. The van der Waals surface area contributed by atoms with Crippen molar-refractivity contribution < 1.29 is 5.11 Å². The van der Waals surface area contributed by atoms with Crippen LogP contribution in [-0.4, -0.2) is 24.3 Å². The molecule has 150 valence electrons. The van der Waals surface area contributed by atoms with Crippen LogP contribution in [0.2, 0.25) is 0 Å². The summed E-state index contributed by atoms with van der Waals surface area (Å²) in [5, 5.41) is 9.31. The van der Waals surface area contributed by atoms with Crippen LogP contribution < -0.4 is 11.5 Å². The smallest absolute Gasteiger partial charge is 0.0474 e. The topological polar surface area (TPSA) is 72.3 Å². The number of rotatable bonds is 19. The number of unbranched alkanes of at least 4 members (excludes halogenated alkanes) is 12. The second-order valence-electron chi connectivity index (χ2n) is 7.57. The van der Waals surface area contributed by atoms with E-state index >= 15 is 0 Å². The molecule has 0 saturated carbocycles. The first-order valence-corrected chi connectivity index (χ1v) is 11.0. The molecule has 0 saturated heterocycles. The molecule has 2 atom stereocenters. The molecule has 0 aromatic rings. The van der Waals surface area contributed by atoms with Gasteiger partial charge in [0.05, 0.1) is 0 Å². The van der Waals surface area contributed by atoms with E-state index in [9.17, 15) is 5.11 Å². The number of aliphatic hydroxyl groups excluding tert-OH is 1. The molecule has 0 aromatic carbocycles. The minimum Gasteiger partial charge on any atom is -0.396 e. The van der Waals surface area contributed by atoms with Gasteiger partial charge in [-0.15, -0.1) is 0 Å². The van der Waals surface area contributed by atoms with E-state index in [0.29, 0.717) is 6.54 Å². The van der Waals surface area contributed by atoms with E-state index in [2.05, 4.69) is 19.1 Å². The summed E-state index contributed by atoms with van der Waals surface area (Å²) in [4.78, 5) is 0. The lowest BCUT2D eigenvalue weighted by atomic mass is 9.94. The molecule has 3 nitrogen and oxygen atoms in total. The van der Waals surface area contributed by atoms with Gasteiger partial charge in [0.2, 0.25) is 0 Å². The maximum Gasteiger partial charge on any atom is 0.0474 e. The molecule has 25 heavy (non-hydrogen) atoms. The summed E-state index contributed by atoms with van der Waals surface area (Å²) in [6.07, 6.45) is 24.3. The zero-order valence-corrected chi connectivity index (χ0v) is 16.9. The number of aliphatic hydroxyl groups is 1. The van der Waals surface area contributed by atoms with Crippen LogP contribution in [0, 0.1) is 5.92 Å². The predicted octanol–water partition coefficient (Wildman–Crippen LogP) is 5.31. The van der Waals surface area contributed by atoms with Crippen LogP contribution in [0.25, 0.3) is 0 Å². The maximum atomic E-state index is 9.31. The lowest BCUT2D eigenvalue weighted by molar-refractivity contribution is 0.194. The Hall–Kier alpha value is -0.380. The highest BCUT2D eigenvalue weighted by Crippen LogP contribution is 2.14. The Morgan fingerprint density at radius 3 is 1.72 bits per heavy atom. The van der Waals surface area contributed by atoms with Crippen molar-refractivity contribution in [2.75, 3.05) is 13.2 Å². The summed E-state index contributed by atoms with van der Waals surface area (Å²) in [5.41, 5.74) is 11.5. The summed E-state index contributed by atoms with van der Waals surface area (Å²) in [5.74, 6) is 0.182. The van der Waals surface area contributed by atoms with Crippen LogP contribution in [-0.2, 0) is 0 Å². The fourth-order valence-corrected chi connectivity index (χ4v) is 3.29. The summed E-state index contributed by atoms with van der Waals surface area (Å²) in [6.45, 7) is 2.91. The summed E-state index contributed by atoms with van der Waals surface area (Å²) in [6, 6.07) is -0.0480. The largest absolute Gasteiger partial charge is 0.396 e. The van der Waals surface area contributed by atoms with Crippen LogP contribution in [0.5, 0.6) is 0 Å². The number of hydrogen-bond donors (Lipinski definition) is 3. The fourth-order valence-electron chi connectivity index (χ4n) is 3.29. The Kier molecular flexibility index (Phi) is 19.6. The minimum atomic E-state index is -0.0480. The van der Waals surface area contributed by atoms with E-state index < -0.39 is 0 Å². The number of nitrogens with two attached hydrogens (primary N) is 2. The molecule has 0 aliphatic heterocycles. The molecule has 0 aliphatic carbocycles. The molecule has 0 amide bonds. The fraction of sp³-hybridized carbons (Fsp3) is 0.909. The lowest BCUT2D eigenvalue weighted by Crippen LogP contribution is -2.39. The Bertz CT molecular complexity index is 281. The first-order chi connectivity index (χ1) is 12.3. The van der Waals surface area contributed by atoms with Gasteiger partial charge in [0.25, 0.3) is 0 Å². The van der Waals surface area contributed by atoms with E-state index in [1.807, 2.05) is 0 Å². The standard InChI is InChI=1S/C22H46N2O/c1-2-3-4-5-6-7-8-9-10-11-12-13-14-15-16-17-18-21(20-25)22(24)19-23/h9-10,21-22,25H,2-8,11-20,23-24H2,1H3/b10-9-. The van der Waals surface area contributed by atoms with E-state index in [1.165, 1.54) is 83.5 Å². The van der Waals surface area contributed by atoms with Crippen molar-refractivity contribution in [2.45, 2.75) is 109 Å². The Morgan fingerprint density at radius 1 is 0.760 bits per heavy atom. The average Bonchev–Trinajstić information content (AvgIpc) is 2.64. The molecule has 0 spiro atoms. The second-order valence-corrected chi connectivity index (χ2v) is 7.57. The molecule has 3 heteroatoms. The van der Waals surface area contributed by atoms with Gasteiger partial charge in [-0.3, -0.25) is 0 Å². The highest BCUT2D eigenvalue weighted by Gasteiger charge is 2.14. The molecule has 0 aromatic heterocycles. The first kappa shape index (κ1) is 24.6. The molecule has 0 radical (unpaired) electrons. The highest BCUT2D eigenvalue weighted by atomic mass is 16.3. The molecule has 0 rings (SSSR count). The van der Waals surface area contributed by atoms with Gasteiger partial charge in [0, 0.05) is 19.2 Å². The molecular weight excluding hydrogens is 308 g/mol. The average molecular weight is 355 g/mol. The predicted molar refractivity (Wildman–Crippen MR) is 112 cm³/mol. The third-order valence-corrected chi connectivity index (χ3v) is 5.20. The summed E-state index contributed by atoms with van der Waals surface area (Å²) in [7, 11) is 0. The van der Waals surface area contributed by atoms with Crippen molar-refractivity contribution in [1.29, 1.82) is 0 Å². The van der Waals surface area contributed by atoms with Gasteiger partial charge in [0.15, 0.2) is 0 Å². The first-order valence-electron chi connectivity index (χ1n) is 11.0. The second kappa shape index (κ2) is 19.9. The molecular formula is C22H46N2O. The molecule has 2 unspecified atom stereocenters. The van der Waals surface area contributed by atoms with E-state index in [4.69, 9.17) is 11.5 Å². The monoisotopic (exact) mass is 354 g/mol. The lowest BCUT2D eigenvalue weighted by Gasteiger charge is -2.20. The zero-order chi connectivity index (χ0) is 18.6. The van der Waals surface area contributed by atoms with Gasteiger partial charge >= 0.3 is 0 Å². The molecule has 5 N–H and O–H groups in total. The van der Waals surface area contributed by atoms with Gasteiger partial charge in [-0.1, -0.05) is 83.3 Å². The van der Waals surface area contributed by atoms with Crippen molar-refractivity contribution in [2.24, 2.45) is 17.4 Å². The molecule has 0 bridgehead atoms. The number of hydrogen-bond acceptors (Lipinski definition) is 3. The van der Waals surface area contributed by atoms with Gasteiger partial charge in [-0.25, -0.2) is 0 Å².